The van der Waals surface area contributed by atoms with Gasteiger partial charge in [-0.15, -0.1) is 0 Å². The standard InChI is InChI=1S/C24H32N2O4/c1-16-11-10-12-17(2)20(16)25-22(27)21(26-23(28)30-24(4,5)6)18(3)29-15-19-13-8-7-9-14-19/h7-14,18,21H,15H2,1-6H3,(H,25,27)(H,26,28)/t18-,21+/m0/s1. The molecule has 0 aliphatic heterocycles. The number of aryl methyl sites for hydroxylation is 2. The maximum Gasteiger partial charge on any atom is 0.408 e. The largest absolute Gasteiger partial charge is 0.444 e. The third-order valence-corrected chi connectivity index (χ3v) is 4.51. The normalized spacial score (nSPS) is 13.3. The van der Waals surface area contributed by atoms with Crippen molar-refractivity contribution in [3.8, 4) is 0 Å². The zero-order chi connectivity index (χ0) is 22.3. The van der Waals surface area contributed by atoms with Crippen molar-refractivity contribution in [2.75, 3.05) is 5.32 Å². The molecule has 0 aliphatic carbocycles. The summed E-state index contributed by atoms with van der Waals surface area (Å²) in [6, 6.07) is 14.5. The molecule has 2 aromatic rings. The summed E-state index contributed by atoms with van der Waals surface area (Å²) in [6.45, 7) is 11.2. The van der Waals surface area contributed by atoms with Gasteiger partial charge in [-0.2, -0.15) is 0 Å². The summed E-state index contributed by atoms with van der Waals surface area (Å²) < 4.78 is 11.3. The number of hydrogen-bond donors (Lipinski definition) is 2. The molecular weight excluding hydrogens is 380 g/mol. The number of rotatable bonds is 7. The zero-order valence-electron chi connectivity index (χ0n) is 18.6. The Kier molecular flexibility index (Phi) is 8.00. The third-order valence-electron chi connectivity index (χ3n) is 4.51. The minimum atomic E-state index is -0.928. The van der Waals surface area contributed by atoms with E-state index in [1.165, 1.54) is 0 Å². The van der Waals surface area contributed by atoms with Gasteiger partial charge in [0.25, 0.3) is 0 Å². The molecule has 0 aliphatic rings. The van der Waals surface area contributed by atoms with Crippen LogP contribution in [-0.2, 0) is 20.9 Å². The van der Waals surface area contributed by atoms with Gasteiger partial charge < -0.3 is 20.1 Å². The lowest BCUT2D eigenvalue weighted by molar-refractivity contribution is -0.122. The number of nitrogens with one attached hydrogen (secondary N) is 2. The Morgan fingerprint density at radius 3 is 2.13 bits per heavy atom. The van der Waals surface area contributed by atoms with Crippen molar-refractivity contribution in [3.05, 3.63) is 65.2 Å². The van der Waals surface area contributed by atoms with Gasteiger partial charge in [-0.25, -0.2) is 4.79 Å². The lowest BCUT2D eigenvalue weighted by Crippen LogP contribution is -2.52. The van der Waals surface area contributed by atoms with Crippen LogP contribution in [0, 0.1) is 13.8 Å². The van der Waals surface area contributed by atoms with Gasteiger partial charge in [-0.05, 0) is 58.2 Å². The Labute approximate surface area is 179 Å². The van der Waals surface area contributed by atoms with Gasteiger partial charge in [0, 0.05) is 5.69 Å². The second-order valence-corrected chi connectivity index (χ2v) is 8.38. The zero-order valence-corrected chi connectivity index (χ0v) is 18.6. The van der Waals surface area contributed by atoms with E-state index in [1.54, 1.807) is 27.7 Å². The lowest BCUT2D eigenvalue weighted by atomic mass is 10.1. The summed E-state index contributed by atoms with van der Waals surface area (Å²) in [7, 11) is 0. The molecule has 2 rings (SSSR count). The first-order chi connectivity index (χ1) is 14.1. The molecule has 2 atom stereocenters. The van der Waals surface area contributed by atoms with E-state index >= 15 is 0 Å². The Hall–Kier alpha value is -2.86. The second-order valence-electron chi connectivity index (χ2n) is 8.38. The number of amides is 2. The van der Waals surface area contributed by atoms with Gasteiger partial charge in [-0.3, -0.25) is 4.79 Å². The highest BCUT2D eigenvalue weighted by Crippen LogP contribution is 2.20. The molecule has 6 heteroatoms. The SMILES string of the molecule is Cc1cccc(C)c1NC(=O)[C@H](NC(=O)OC(C)(C)C)[C@H](C)OCc1ccccc1. The van der Waals surface area contributed by atoms with Crippen LogP contribution in [-0.4, -0.2) is 29.7 Å². The molecule has 6 nitrogen and oxygen atoms in total. The highest BCUT2D eigenvalue weighted by molar-refractivity contribution is 5.98. The highest BCUT2D eigenvalue weighted by atomic mass is 16.6. The molecule has 0 unspecified atom stereocenters. The number of benzene rings is 2. The van der Waals surface area contributed by atoms with Crippen LogP contribution in [0.4, 0.5) is 10.5 Å². The summed E-state index contributed by atoms with van der Waals surface area (Å²) in [5, 5.41) is 5.61. The van der Waals surface area contributed by atoms with Crippen molar-refractivity contribution >= 4 is 17.7 Å². The highest BCUT2D eigenvalue weighted by Gasteiger charge is 2.30. The van der Waals surface area contributed by atoms with Crippen LogP contribution in [0.25, 0.3) is 0 Å². The topological polar surface area (TPSA) is 76.7 Å². The number of ether oxygens (including phenoxy) is 2. The van der Waals surface area contributed by atoms with Crippen LogP contribution in [0.2, 0.25) is 0 Å². The van der Waals surface area contributed by atoms with Crippen molar-refractivity contribution in [3.63, 3.8) is 0 Å². The van der Waals surface area contributed by atoms with E-state index in [0.29, 0.717) is 6.61 Å². The Morgan fingerprint density at radius 1 is 0.967 bits per heavy atom. The maximum atomic E-state index is 13.1. The molecule has 162 valence electrons. The van der Waals surface area contributed by atoms with E-state index < -0.39 is 23.8 Å². The van der Waals surface area contributed by atoms with Crippen molar-refractivity contribution in [1.29, 1.82) is 0 Å². The maximum absolute atomic E-state index is 13.1. The molecule has 0 bridgehead atoms. The van der Waals surface area contributed by atoms with Crippen LogP contribution in [0.3, 0.4) is 0 Å². The fourth-order valence-electron chi connectivity index (χ4n) is 2.94. The molecule has 0 heterocycles. The van der Waals surface area contributed by atoms with Gasteiger partial charge in [0.1, 0.15) is 11.6 Å². The fraction of sp³-hybridized carbons (Fsp3) is 0.417. The molecule has 2 N–H and O–H groups in total. The van der Waals surface area contributed by atoms with Crippen LogP contribution in [0.5, 0.6) is 0 Å². The summed E-state index contributed by atoms with van der Waals surface area (Å²) in [5.74, 6) is -0.362. The first-order valence-corrected chi connectivity index (χ1v) is 10.1. The molecule has 2 aromatic carbocycles. The van der Waals surface area contributed by atoms with E-state index in [2.05, 4.69) is 10.6 Å². The Bertz CT molecular complexity index is 839. The first-order valence-electron chi connectivity index (χ1n) is 10.1. The molecule has 0 radical (unpaired) electrons. The van der Waals surface area contributed by atoms with Crippen molar-refractivity contribution < 1.29 is 19.1 Å². The second kappa shape index (κ2) is 10.3. The van der Waals surface area contributed by atoms with Gasteiger partial charge in [0.2, 0.25) is 5.91 Å². The number of hydrogen-bond acceptors (Lipinski definition) is 4. The van der Waals surface area contributed by atoms with Crippen LogP contribution in [0.1, 0.15) is 44.4 Å². The summed E-state index contributed by atoms with van der Waals surface area (Å²) in [5.41, 5.74) is 2.92. The number of alkyl carbamates (subject to hydrolysis) is 1. The molecule has 30 heavy (non-hydrogen) atoms. The molecular formula is C24H32N2O4. The molecule has 0 aromatic heterocycles. The van der Waals surface area contributed by atoms with Crippen LogP contribution >= 0.6 is 0 Å². The van der Waals surface area contributed by atoms with Gasteiger partial charge in [0.15, 0.2) is 0 Å². The van der Waals surface area contributed by atoms with E-state index in [9.17, 15) is 9.59 Å². The van der Waals surface area contributed by atoms with E-state index in [4.69, 9.17) is 9.47 Å². The predicted molar refractivity (Wildman–Crippen MR) is 118 cm³/mol. The van der Waals surface area contributed by atoms with Crippen LogP contribution < -0.4 is 10.6 Å². The number of anilines is 1. The molecule has 2 amide bonds. The van der Waals surface area contributed by atoms with Gasteiger partial charge >= 0.3 is 6.09 Å². The summed E-state index contributed by atoms with van der Waals surface area (Å²) >= 11 is 0. The van der Waals surface area contributed by atoms with E-state index in [-0.39, 0.29) is 5.91 Å². The van der Waals surface area contributed by atoms with Gasteiger partial charge in [-0.1, -0.05) is 48.5 Å². The monoisotopic (exact) mass is 412 g/mol. The molecule has 0 saturated heterocycles. The lowest BCUT2D eigenvalue weighted by Gasteiger charge is -2.27. The average Bonchev–Trinajstić information content (AvgIpc) is 2.66. The number of carbonyl (C=O) groups is 2. The van der Waals surface area contributed by atoms with Crippen molar-refractivity contribution in [2.45, 2.75) is 65.9 Å². The van der Waals surface area contributed by atoms with Gasteiger partial charge in [0.05, 0.1) is 12.7 Å². The van der Waals surface area contributed by atoms with E-state index in [0.717, 1.165) is 22.4 Å². The molecule has 0 spiro atoms. The Balaban J connectivity index is 2.16. The quantitative estimate of drug-likeness (QED) is 0.689. The fourth-order valence-corrected chi connectivity index (χ4v) is 2.94. The Morgan fingerprint density at radius 2 is 1.57 bits per heavy atom. The smallest absolute Gasteiger partial charge is 0.408 e. The predicted octanol–water partition coefficient (Wildman–Crippen LogP) is 4.74. The number of para-hydroxylation sites is 1. The minimum absolute atomic E-state index is 0.325. The minimum Gasteiger partial charge on any atom is -0.444 e. The summed E-state index contributed by atoms with van der Waals surface area (Å²) in [6.07, 6.45) is -1.25. The van der Waals surface area contributed by atoms with Crippen molar-refractivity contribution in [2.24, 2.45) is 0 Å². The van der Waals surface area contributed by atoms with Crippen molar-refractivity contribution in [1.82, 2.24) is 5.32 Å². The third kappa shape index (κ3) is 7.19. The summed E-state index contributed by atoms with van der Waals surface area (Å²) in [4.78, 5) is 25.5. The molecule has 0 saturated carbocycles. The van der Waals surface area contributed by atoms with E-state index in [1.807, 2.05) is 62.4 Å². The average molecular weight is 413 g/mol. The van der Waals surface area contributed by atoms with Crippen LogP contribution in [0.15, 0.2) is 48.5 Å². The number of carbonyl (C=O) groups excluding carboxylic acids is 2. The first kappa shape index (κ1) is 23.4. The molecule has 0 fully saturated rings.